The zero-order valence-electron chi connectivity index (χ0n) is 10.4. The number of aromatic nitrogens is 3. The topological polar surface area (TPSA) is 63.2 Å². The standard InChI is InChI=1S/C10H14F3N5O/c1-14-7-15-8(18-4-2-3-5-18)17-9(16-7)19-6-10(11,12)13/h2-6H2,1H3,(H,14,15,16,17). The van der Waals surface area contributed by atoms with Crippen molar-refractivity contribution in [3.05, 3.63) is 0 Å². The van der Waals surface area contributed by atoms with Gasteiger partial charge in [0.1, 0.15) is 0 Å². The summed E-state index contributed by atoms with van der Waals surface area (Å²) < 4.78 is 40.9. The van der Waals surface area contributed by atoms with Crippen molar-refractivity contribution in [3.8, 4) is 6.01 Å². The molecule has 2 heterocycles. The van der Waals surface area contributed by atoms with Gasteiger partial charge in [0.15, 0.2) is 6.61 Å². The molecular weight excluding hydrogens is 263 g/mol. The van der Waals surface area contributed by atoms with Crippen molar-refractivity contribution in [2.75, 3.05) is 37.0 Å². The van der Waals surface area contributed by atoms with Crippen molar-refractivity contribution >= 4 is 11.9 Å². The van der Waals surface area contributed by atoms with Gasteiger partial charge in [-0.15, -0.1) is 0 Å². The summed E-state index contributed by atoms with van der Waals surface area (Å²) in [7, 11) is 1.58. The van der Waals surface area contributed by atoms with Crippen LogP contribution in [0.2, 0.25) is 0 Å². The summed E-state index contributed by atoms with van der Waals surface area (Å²) in [6, 6.07) is -0.321. The largest absolute Gasteiger partial charge is 0.454 e. The molecule has 2 rings (SSSR count). The lowest BCUT2D eigenvalue weighted by molar-refractivity contribution is -0.154. The molecule has 1 N–H and O–H groups in total. The molecule has 1 aliphatic rings. The number of rotatable bonds is 4. The number of nitrogens with zero attached hydrogens (tertiary/aromatic N) is 4. The minimum atomic E-state index is -4.42. The molecule has 1 saturated heterocycles. The van der Waals surface area contributed by atoms with Gasteiger partial charge in [0.05, 0.1) is 0 Å². The quantitative estimate of drug-likeness (QED) is 0.899. The Kier molecular flexibility index (Phi) is 3.91. The Labute approximate surface area is 108 Å². The van der Waals surface area contributed by atoms with Crippen molar-refractivity contribution in [1.82, 2.24) is 15.0 Å². The Bertz CT molecular complexity index is 434. The second kappa shape index (κ2) is 5.45. The Hall–Kier alpha value is -1.80. The fourth-order valence-corrected chi connectivity index (χ4v) is 1.73. The first-order chi connectivity index (χ1) is 8.98. The van der Waals surface area contributed by atoms with Gasteiger partial charge < -0.3 is 15.0 Å². The van der Waals surface area contributed by atoms with Crippen LogP contribution < -0.4 is 15.0 Å². The van der Waals surface area contributed by atoms with Crippen molar-refractivity contribution < 1.29 is 17.9 Å². The molecule has 0 amide bonds. The lowest BCUT2D eigenvalue weighted by Crippen LogP contribution is -2.23. The van der Waals surface area contributed by atoms with Gasteiger partial charge in [-0.3, -0.25) is 0 Å². The van der Waals surface area contributed by atoms with Crippen LogP contribution in [0.5, 0.6) is 6.01 Å². The van der Waals surface area contributed by atoms with Gasteiger partial charge in [0.25, 0.3) is 0 Å². The highest BCUT2D eigenvalue weighted by Gasteiger charge is 2.29. The second-order valence-corrected chi connectivity index (χ2v) is 4.09. The Balaban J connectivity index is 2.15. The van der Waals surface area contributed by atoms with E-state index >= 15 is 0 Å². The van der Waals surface area contributed by atoms with E-state index in [0.29, 0.717) is 5.95 Å². The maximum Gasteiger partial charge on any atom is 0.422 e. The first kappa shape index (κ1) is 13.6. The fourth-order valence-electron chi connectivity index (χ4n) is 1.73. The molecule has 0 aliphatic carbocycles. The summed E-state index contributed by atoms with van der Waals surface area (Å²) in [5, 5.41) is 2.68. The van der Waals surface area contributed by atoms with Crippen LogP contribution in [0.15, 0.2) is 0 Å². The number of halogens is 3. The molecule has 0 aromatic carbocycles. The maximum atomic E-state index is 12.1. The van der Waals surface area contributed by atoms with Crippen LogP contribution in [0.1, 0.15) is 12.8 Å². The van der Waals surface area contributed by atoms with Crippen LogP contribution in [-0.4, -0.2) is 47.9 Å². The molecule has 19 heavy (non-hydrogen) atoms. The molecule has 0 radical (unpaired) electrons. The van der Waals surface area contributed by atoms with Crippen molar-refractivity contribution in [3.63, 3.8) is 0 Å². The van der Waals surface area contributed by atoms with Crippen LogP contribution in [0.25, 0.3) is 0 Å². The van der Waals surface area contributed by atoms with E-state index in [4.69, 9.17) is 0 Å². The normalized spacial score (nSPS) is 15.7. The van der Waals surface area contributed by atoms with Crippen LogP contribution in [0, 0.1) is 0 Å². The van der Waals surface area contributed by atoms with Gasteiger partial charge in [-0.05, 0) is 12.8 Å². The van der Waals surface area contributed by atoms with Gasteiger partial charge in [0, 0.05) is 20.1 Å². The van der Waals surface area contributed by atoms with Crippen molar-refractivity contribution in [2.45, 2.75) is 19.0 Å². The molecule has 0 spiro atoms. The number of ether oxygens (including phenoxy) is 1. The second-order valence-electron chi connectivity index (χ2n) is 4.09. The van der Waals surface area contributed by atoms with Crippen LogP contribution in [0.4, 0.5) is 25.1 Å². The summed E-state index contributed by atoms with van der Waals surface area (Å²) in [5.41, 5.74) is 0. The van der Waals surface area contributed by atoms with Crippen molar-refractivity contribution in [1.29, 1.82) is 0 Å². The molecule has 6 nitrogen and oxygen atoms in total. The van der Waals surface area contributed by atoms with Crippen molar-refractivity contribution in [2.24, 2.45) is 0 Å². The minimum Gasteiger partial charge on any atom is -0.454 e. The summed E-state index contributed by atoms with van der Waals surface area (Å²) in [6.07, 6.45) is -2.39. The molecule has 1 fully saturated rings. The predicted octanol–water partition coefficient (Wildman–Crippen LogP) is 1.45. The van der Waals surface area contributed by atoms with Gasteiger partial charge in [-0.1, -0.05) is 0 Å². The highest BCUT2D eigenvalue weighted by atomic mass is 19.4. The van der Waals surface area contributed by atoms with Gasteiger partial charge in [-0.2, -0.15) is 28.1 Å². The van der Waals surface area contributed by atoms with E-state index in [-0.39, 0.29) is 12.0 Å². The molecule has 0 bridgehead atoms. The first-order valence-corrected chi connectivity index (χ1v) is 5.86. The number of hydrogen-bond donors (Lipinski definition) is 1. The summed E-state index contributed by atoms with van der Waals surface area (Å²) in [4.78, 5) is 13.7. The van der Waals surface area contributed by atoms with Gasteiger partial charge in [-0.25, -0.2) is 0 Å². The number of alkyl halides is 3. The van der Waals surface area contributed by atoms with E-state index in [1.165, 1.54) is 0 Å². The van der Waals surface area contributed by atoms with E-state index in [0.717, 1.165) is 25.9 Å². The molecule has 0 atom stereocenters. The molecule has 106 valence electrons. The first-order valence-electron chi connectivity index (χ1n) is 5.86. The SMILES string of the molecule is CNc1nc(OCC(F)(F)F)nc(N2CCCC2)n1. The van der Waals surface area contributed by atoms with Gasteiger partial charge >= 0.3 is 12.2 Å². The third-order valence-corrected chi connectivity index (χ3v) is 2.58. The summed E-state index contributed by atoms with van der Waals surface area (Å²) in [5.74, 6) is 0.531. The van der Waals surface area contributed by atoms with Gasteiger partial charge in [0.2, 0.25) is 11.9 Å². The monoisotopic (exact) mass is 277 g/mol. The van der Waals surface area contributed by atoms with E-state index in [1.54, 1.807) is 7.05 Å². The predicted molar refractivity (Wildman–Crippen MR) is 62.4 cm³/mol. The molecule has 1 aromatic heterocycles. The Morgan fingerprint density at radius 3 is 2.47 bits per heavy atom. The average molecular weight is 277 g/mol. The third-order valence-electron chi connectivity index (χ3n) is 2.58. The van der Waals surface area contributed by atoms with E-state index < -0.39 is 12.8 Å². The average Bonchev–Trinajstić information content (AvgIpc) is 2.89. The third kappa shape index (κ3) is 3.83. The molecule has 9 heteroatoms. The maximum absolute atomic E-state index is 12.1. The number of anilines is 2. The van der Waals surface area contributed by atoms with E-state index in [2.05, 4.69) is 25.0 Å². The number of nitrogens with one attached hydrogen (secondary N) is 1. The van der Waals surface area contributed by atoms with E-state index in [9.17, 15) is 13.2 Å². The van der Waals surface area contributed by atoms with Crippen LogP contribution >= 0.6 is 0 Å². The highest BCUT2D eigenvalue weighted by Crippen LogP contribution is 2.21. The van der Waals surface area contributed by atoms with Crippen LogP contribution in [0.3, 0.4) is 0 Å². The summed E-state index contributed by atoms with van der Waals surface area (Å²) >= 11 is 0. The smallest absolute Gasteiger partial charge is 0.422 e. The Morgan fingerprint density at radius 2 is 1.89 bits per heavy atom. The molecule has 1 aromatic rings. The lowest BCUT2D eigenvalue weighted by atomic mass is 10.4. The highest BCUT2D eigenvalue weighted by molar-refractivity contribution is 5.38. The Morgan fingerprint density at radius 1 is 1.21 bits per heavy atom. The summed E-state index contributed by atoms with van der Waals surface area (Å²) in [6.45, 7) is 0.150. The zero-order chi connectivity index (χ0) is 13.9. The molecule has 0 saturated carbocycles. The fraction of sp³-hybridized carbons (Fsp3) is 0.700. The van der Waals surface area contributed by atoms with E-state index in [1.807, 2.05) is 4.90 Å². The number of hydrogen-bond acceptors (Lipinski definition) is 6. The molecular formula is C10H14F3N5O. The molecule has 1 aliphatic heterocycles. The van der Waals surface area contributed by atoms with Crippen LogP contribution in [-0.2, 0) is 0 Å². The zero-order valence-corrected chi connectivity index (χ0v) is 10.4. The lowest BCUT2D eigenvalue weighted by Gasteiger charge is -2.16. The molecule has 0 unspecified atom stereocenters. The minimum absolute atomic E-state index is 0.189.